The van der Waals surface area contributed by atoms with Crippen molar-refractivity contribution in [2.45, 2.75) is 48.9 Å². The molecule has 154 valence electrons. The predicted octanol–water partition coefficient (Wildman–Crippen LogP) is 5.32. The highest BCUT2D eigenvalue weighted by Gasteiger charge is 2.31. The van der Waals surface area contributed by atoms with E-state index in [1.807, 2.05) is 17.8 Å². The van der Waals surface area contributed by atoms with Gasteiger partial charge in [-0.3, -0.25) is 4.90 Å². The number of likely N-dealkylation sites (tertiary alicyclic amines) is 1. The standard InChI is InChI=1S/C21H27N5S3/c1-24-19(13-28-20-22-17-8-4-5-9-18(17)29-20)23-26(21(24)27)14-25-11-10-15-6-2-3-7-16(15)12-25/h4-5,8-9,15-16H,2-3,6-7,10-14H2,1H3/t15-,16+/m1/s1. The number of benzene rings is 1. The number of thioether (sulfide) groups is 1. The largest absolute Gasteiger partial charge is 0.306 e. The Morgan fingerprint density at radius 1 is 1.17 bits per heavy atom. The van der Waals surface area contributed by atoms with Crippen LogP contribution in [0.5, 0.6) is 0 Å². The lowest BCUT2D eigenvalue weighted by Gasteiger charge is -2.41. The molecular formula is C21H27N5S3. The maximum Gasteiger partial charge on any atom is 0.198 e. The quantitative estimate of drug-likeness (QED) is 0.392. The Hall–Kier alpha value is -1.22. The van der Waals surface area contributed by atoms with Gasteiger partial charge in [0.05, 0.1) is 22.6 Å². The number of hydrogen-bond acceptors (Lipinski definition) is 6. The first-order chi connectivity index (χ1) is 14.2. The molecule has 3 heterocycles. The minimum absolute atomic E-state index is 0.789. The SMILES string of the molecule is Cn1c(CSc2nc3ccccc3s2)nn(CN2CC[C@H]3CCCC[C@H]3C2)c1=S. The van der Waals surface area contributed by atoms with Crippen molar-refractivity contribution in [3.63, 3.8) is 0 Å². The molecule has 0 N–H and O–H groups in total. The highest BCUT2D eigenvalue weighted by molar-refractivity contribution is 8.00. The molecular weight excluding hydrogens is 418 g/mol. The molecule has 2 fully saturated rings. The number of rotatable bonds is 5. The summed E-state index contributed by atoms with van der Waals surface area (Å²) in [6, 6.07) is 8.30. The summed E-state index contributed by atoms with van der Waals surface area (Å²) in [6.45, 7) is 3.20. The highest BCUT2D eigenvalue weighted by atomic mass is 32.2. The van der Waals surface area contributed by atoms with Crippen LogP contribution in [0.1, 0.15) is 37.9 Å². The first-order valence-corrected chi connectivity index (χ1v) is 12.7. The van der Waals surface area contributed by atoms with Gasteiger partial charge in [-0.1, -0.05) is 43.2 Å². The van der Waals surface area contributed by atoms with Crippen molar-refractivity contribution in [1.29, 1.82) is 0 Å². The van der Waals surface area contributed by atoms with E-state index >= 15 is 0 Å². The molecule has 0 unspecified atom stereocenters. The lowest BCUT2D eigenvalue weighted by Crippen LogP contribution is -2.42. The van der Waals surface area contributed by atoms with E-state index in [9.17, 15) is 0 Å². The summed E-state index contributed by atoms with van der Waals surface area (Å²) in [6.07, 6.45) is 7.02. The lowest BCUT2D eigenvalue weighted by molar-refractivity contribution is 0.0624. The molecule has 0 bridgehead atoms. The van der Waals surface area contributed by atoms with E-state index in [2.05, 4.69) is 27.7 Å². The topological polar surface area (TPSA) is 38.9 Å². The Morgan fingerprint density at radius 3 is 2.86 bits per heavy atom. The van der Waals surface area contributed by atoms with Crippen molar-refractivity contribution in [3.05, 3.63) is 34.9 Å². The Morgan fingerprint density at radius 2 is 2.00 bits per heavy atom. The van der Waals surface area contributed by atoms with Crippen LogP contribution in [-0.4, -0.2) is 37.3 Å². The summed E-state index contributed by atoms with van der Waals surface area (Å²) in [5.41, 5.74) is 1.07. The molecule has 1 aliphatic carbocycles. The summed E-state index contributed by atoms with van der Waals surface area (Å²) in [5.74, 6) is 3.64. The Kier molecular flexibility index (Phi) is 5.78. The lowest BCUT2D eigenvalue weighted by atomic mass is 9.75. The smallest absolute Gasteiger partial charge is 0.198 e. The average Bonchev–Trinajstić information content (AvgIpc) is 3.28. The van der Waals surface area contributed by atoms with Gasteiger partial charge in [-0.25, -0.2) is 9.67 Å². The highest BCUT2D eigenvalue weighted by Crippen LogP contribution is 2.36. The first-order valence-electron chi connectivity index (χ1n) is 10.5. The summed E-state index contributed by atoms with van der Waals surface area (Å²) in [4.78, 5) is 7.28. The van der Waals surface area contributed by atoms with Crippen LogP contribution in [0.4, 0.5) is 0 Å². The fraction of sp³-hybridized carbons (Fsp3) is 0.571. The van der Waals surface area contributed by atoms with Crippen LogP contribution in [0.2, 0.25) is 0 Å². The van der Waals surface area contributed by atoms with E-state index in [4.69, 9.17) is 22.3 Å². The van der Waals surface area contributed by atoms with E-state index in [0.29, 0.717) is 0 Å². The number of thiazole rings is 1. The molecule has 3 aromatic rings. The van der Waals surface area contributed by atoms with Crippen LogP contribution < -0.4 is 0 Å². The fourth-order valence-corrected chi connectivity index (χ4v) is 7.03. The maximum absolute atomic E-state index is 5.70. The predicted molar refractivity (Wildman–Crippen MR) is 123 cm³/mol. The molecule has 0 radical (unpaired) electrons. The second-order valence-corrected chi connectivity index (χ2v) is 10.9. The Balaban J connectivity index is 1.25. The van der Waals surface area contributed by atoms with Gasteiger partial charge in [0.15, 0.2) is 9.11 Å². The molecule has 1 aliphatic heterocycles. The summed E-state index contributed by atoms with van der Waals surface area (Å²) in [5, 5.41) is 4.87. The Bertz CT molecular complexity index is 1020. The monoisotopic (exact) mass is 445 g/mol. The van der Waals surface area contributed by atoms with Crippen LogP contribution in [0.15, 0.2) is 28.6 Å². The minimum atomic E-state index is 0.789. The molecule has 2 aromatic heterocycles. The Labute approximate surface area is 185 Å². The van der Waals surface area contributed by atoms with Gasteiger partial charge in [-0.2, -0.15) is 5.10 Å². The van der Waals surface area contributed by atoms with Gasteiger partial charge in [0.25, 0.3) is 0 Å². The number of nitrogens with zero attached hydrogens (tertiary/aromatic N) is 5. The molecule has 1 saturated carbocycles. The molecule has 2 aliphatic rings. The van der Waals surface area contributed by atoms with Crippen molar-refractivity contribution in [3.8, 4) is 0 Å². The second-order valence-electron chi connectivity index (χ2n) is 8.31. The van der Waals surface area contributed by atoms with E-state index < -0.39 is 0 Å². The number of piperidine rings is 1. The van der Waals surface area contributed by atoms with Crippen molar-refractivity contribution in [1.82, 2.24) is 24.2 Å². The molecule has 5 nitrogen and oxygen atoms in total. The molecule has 5 rings (SSSR count). The van der Waals surface area contributed by atoms with Crippen LogP contribution >= 0.6 is 35.3 Å². The van der Waals surface area contributed by atoms with Gasteiger partial charge in [-0.05, 0) is 49.0 Å². The average molecular weight is 446 g/mol. The zero-order valence-corrected chi connectivity index (χ0v) is 19.2. The van der Waals surface area contributed by atoms with Crippen molar-refractivity contribution in [2.24, 2.45) is 18.9 Å². The summed E-state index contributed by atoms with van der Waals surface area (Å²) in [7, 11) is 2.04. The van der Waals surface area contributed by atoms with E-state index in [-0.39, 0.29) is 0 Å². The third kappa shape index (κ3) is 4.17. The van der Waals surface area contributed by atoms with Crippen molar-refractivity contribution >= 4 is 45.5 Å². The molecule has 8 heteroatoms. The number of fused-ring (bicyclic) bond motifs is 2. The maximum atomic E-state index is 5.70. The molecule has 0 amide bonds. The molecule has 2 atom stereocenters. The number of para-hydroxylation sites is 1. The van der Waals surface area contributed by atoms with Gasteiger partial charge in [0, 0.05) is 20.1 Å². The van der Waals surface area contributed by atoms with Crippen LogP contribution in [-0.2, 0) is 19.5 Å². The van der Waals surface area contributed by atoms with Gasteiger partial charge >= 0.3 is 0 Å². The zero-order chi connectivity index (χ0) is 19.8. The minimum Gasteiger partial charge on any atom is -0.306 e. The van der Waals surface area contributed by atoms with E-state index in [1.165, 1.54) is 49.9 Å². The number of aromatic nitrogens is 4. The molecule has 1 aromatic carbocycles. The molecule has 29 heavy (non-hydrogen) atoms. The van der Waals surface area contributed by atoms with Gasteiger partial charge in [0.2, 0.25) is 0 Å². The third-order valence-electron chi connectivity index (χ3n) is 6.44. The van der Waals surface area contributed by atoms with Gasteiger partial charge < -0.3 is 4.57 Å². The summed E-state index contributed by atoms with van der Waals surface area (Å²) < 4.78 is 7.22. The summed E-state index contributed by atoms with van der Waals surface area (Å²) >= 11 is 9.19. The fourth-order valence-electron chi connectivity index (χ4n) is 4.78. The molecule has 1 saturated heterocycles. The van der Waals surface area contributed by atoms with Gasteiger partial charge in [-0.15, -0.1) is 11.3 Å². The van der Waals surface area contributed by atoms with Crippen molar-refractivity contribution in [2.75, 3.05) is 13.1 Å². The normalized spacial score (nSPS) is 22.8. The van der Waals surface area contributed by atoms with Crippen LogP contribution in [0.3, 0.4) is 0 Å². The van der Waals surface area contributed by atoms with Crippen molar-refractivity contribution < 1.29 is 0 Å². The van der Waals surface area contributed by atoms with Gasteiger partial charge in [0.1, 0.15) is 5.82 Å². The van der Waals surface area contributed by atoms with E-state index in [1.54, 1.807) is 23.1 Å². The first kappa shape index (κ1) is 19.7. The zero-order valence-electron chi connectivity index (χ0n) is 16.8. The number of hydrogen-bond donors (Lipinski definition) is 0. The van der Waals surface area contributed by atoms with Crippen LogP contribution in [0.25, 0.3) is 10.2 Å². The van der Waals surface area contributed by atoms with E-state index in [0.717, 1.165) is 44.7 Å². The van der Waals surface area contributed by atoms with Crippen LogP contribution in [0, 0.1) is 16.6 Å². The second kappa shape index (κ2) is 8.49. The molecule has 0 spiro atoms. The third-order valence-corrected chi connectivity index (χ3v) is 9.10.